The fraction of sp³-hybridized carbons (Fsp3) is 0.600. The molecule has 1 saturated carbocycles. The van der Waals surface area contributed by atoms with Crippen LogP contribution < -0.4 is 10.5 Å². The van der Waals surface area contributed by atoms with Crippen LogP contribution in [0.3, 0.4) is 0 Å². The third-order valence-corrected chi connectivity index (χ3v) is 6.08. The molecule has 4 nitrogen and oxygen atoms in total. The lowest BCUT2D eigenvalue weighted by Gasteiger charge is -2.24. The van der Waals surface area contributed by atoms with Gasteiger partial charge in [0, 0.05) is 12.6 Å². The summed E-state index contributed by atoms with van der Waals surface area (Å²) in [6.07, 6.45) is 4.76. The Morgan fingerprint density at radius 3 is 2.35 bits per heavy atom. The van der Waals surface area contributed by atoms with E-state index in [0.29, 0.717) is 6.54 Å². The Morgan fingerprint density at radius 2 is 1.80 bits per heavy atom. The second kappa shape index (κ2) is 6.70. The maximum absolute atomic E-state index is 12.4. The zero-order chi connectivity index (χ0) is 14.6. The molecule has 1 aliphatic carbocycles. The van der Waals surface area contributed by atoms with Crippen molar-refractivity contribution in [1.82, 2.24) is 4.72 Å². The van der Waals surface area contributed by atoms with Crippen molar-refractivity contribution in [2.75, 3.05) is 0 Å². The number of hydrogen-bond donors (Lipinski definition) is 2. The summed E-state index contributed by atoms with van der Waals surface area (Å²) in [5, 5.41) is -0.220. The highest BCUT2D eigenvalue weighted by molar-refractivity contribution is 7.90. The third-order valence-electron chi connectivity index (χ3n) is 4.05. The molecule has 0 spiro atoms. The highest BCUT2D eigenvalue weighted by atomic mass is 32.2. The van der Waals surface area contributed by atoms with Crippen LogP contribution in [-0.2, 0) is 16.6 Å². The molecule has 0 saturated heterocycles. The van der Waals surface area contributed by atoms with Gasteiger partial charge in [0.1, 0.15) is 0 Å². The summed E-state index contributed by atoms with van der Waals surface area (Å²) < 4.78 is 27.5. The quantitative estimate of drug-likeness (QED) is 0.876. The lowest BCUT2D eigenvalue weighted by molar-refractivity contribution is 0.473. The van der Waals surface area contributed by atoms with Crippen molar-refractivity contribution in [1.29, 1.82) is 0 Å². The first-order valence-electron chi connectivity index (χ1n) is 7.33. The minimum absolute atomic E-state index is 0.200. The summed E-state index contributed by atoms with van der Waals surface area (Å²) in [4.78, 5) is 0. The molecule has 112 valence electrons. The zero-order valence-corrected chi connectivity index (χ0v) is 12.8. The molecule has 3 N–H and O–H groups in total. The largest absolute Gasteiger partial charge is 0.326 e. The fourth-order valence-electron chi connectivity index (χ4n) is 2.73. The number of benzene rings is 1. The molecule has 0 bridgehead atoms. The van der Waals surface area contributed by atoms with E-state index in [-0.39, 0.29) is 11.3 Å². The predicted molar refractivity (Wildman–Crippen MR) is 81.7 cm³/mol. The van der Waals surface area contributed by atoms with E-state index in [0.717, 1.165) is 43.2 Å². The molecule has 2 rings (SSSR count). The van der Waals surface area contributed by atoms with Gasteiger partial charge in [0.05, 0.1) is 5.25 Å². The molecule has 1 unspecified atom stereocenters. The minimum Gasteiger partial charge on any atom is -0.326 e. The molecule has 0 amide bonds. The van der Waals surface area contributed by atoms with Gasteiger partial charge in [-0.3, -0.25) is 0 Å². The average molecular weight is 296 g/mol. The molecule has 1 atom stereocenters. The molecule has 1 aromatic carbocycles. The Labute approximate surface area is 121 Å². The van der Waals surface area contributed by atoms with Crippen LogP contribution in [-0.4, -0.2) is 13.7 Å². The molecular formula is C15H24N2O2S. The highest BCUT2D eigenvalue weighted by Gasteiger charge is 2.28. The molecule has 1 aliphatic rings. The van der Waals surface area contributed by atoms with Crippen LogP contribution >= 0.6 is 0 Å². The van der Waals surface area contributed by atoms with E-state index in [9.17, 15) is 8.42 Å². The van der Waals surface area contributed by atoms with Gasteiger partial charge in [-0.25, -0.2) is 13.1 Å². The Morgan fingerprint density at radius 1 is 1.20 bits per heavy atom. The summed E-state index contributed by atoms with van der Waals surface area (Å²) in [5.74, 6) is 0. The maximum atomic E-state index is 12.4. The van der Waals surface area contributed by atoms with Crippen molar-refractivity contribution in [3.63, 3.8) is 0 Å². The molecular weight excluding hydrogens is 272 g/mol. The van der Waals surface area contributed by atoms with Gasteiger partial charge in [0.2, 0.25) is 10.0 Å². The van der Waals surface area contributed by atoms with Crippen molar-refractivity contribution in [2.45, 2.75) is 56.9 Å². The fourth-order valence-corrected chi connectivity index (χ4v) is 4.50. The second-order valence-corrected chi connectivity index (χ2v) is 7.58. The Kier molecular flexibility index (Phi) is 5.18. The van der Waals surface area contributed by atoms with Crippen LogP contribution in [0.5, 0.6) is 0 Å². The van der Waals surface area contributed by atoms with Crippen molar-refractivity contribution in [3.05, 3.63) is 35.4 Å². The molecule has 1 fully saturated rings. The van der Waals surface area contributed by atoms with E-state index in [1.54, 1.807) is 0 Å². The van der Waals surface area contributed by atoms with Gasteiger partial charge in [0.25, 0.3) is 0 Å². The van der Waals surface area contributed by atoms with E-state index in [2.05, 4.69) is 4.72 Å². The van der Waals surface area contributed by atoms with Crippen LogP contribution in [0, 0.1) is 0 Å². The standard InChI is InChI=1S/C15H24N2O2S/c1-12(14-9-7-13(11-16)8-10-14)17-20(18,19)15-5-3-2-4-6-15/h7-10,12,15,17H,2-6,11,16H2,1H3. The van der Waals surface area contributed by atoms with Gasteiger partial charge in [-0.15, -0.1) is 0 Å². The molecule has 0 aliphatic heterocycles. The smallest absolute Gasteiger partial charge is 0.215 e. The van der Waals surface area contributed by atoms with Crippen molar-refractivity contribution in [2.24, 2.45) is 5.73 Å². The van der Waals surface area contributed by atoms with Crippen molar-refractivity contribution < 1.29 is 8.42 Å². The maximum Gasteiger partial charge on any atom is 0.215 e. The second-order valence-electron chi connectivity index (χ2n) is 5.59. The van der Waals surface area contributed by atoms with Crippen LogP contribution in [0.2, 0.25) is 0 Å². The van der Waals surface area contributed by atoms with Gasteiger partial charge in [0.15, 0.2) is 0 Å². The van der Waals surface area contributed by atoms with E-state index in [1.807, 2.05) is 31.2 Å². The molecule has 0 heterocycles. The van der Waals surface area contributed by atoms with Gasteiger partial charge >= 0.3 is 0 Å². The van der Waals surface area contributed by atoms with Gasteiger partial charge in [-0.05, 0) is 30.9 Å². The van der Waals surface area contributed by atoms with E-state index < -0.39 is 10.0 Å². The molecule has 20 heavy (non-hydrogen) atoms. The Balaban J connectivity index is 2.03. The van der Waals surface area contributed by atoms with Crippen LogP contribution in [0.15, 0.2) is 24.3 Å². The van der Waals surface area contributed by atoms with Crippen LogP contribution in [0.25, 0.3) is 0 Å². The van der Waals surface area contributed by atoms with Crippen molar-refractivity contribution >= 4 is 10.0 Å². The lowest BCUT2D eigenvalue weighted by Crippen LogP contribution is -2.37. The first kappa shape index (κ1) is 15.5. The van der Waals surface area contributed by atoms with Gasteiger partial charge in [-0.2, -0.15) is 0 Å². The molecule has 5 heteroatoms. The summed E-state index contributed by atoms with van der Waals surface area (Å²) in [6, 6.07) is 7.57. The topological polar surface area (TPSA) is 72.2 Å². The van der Waals surface area contributed by atoms with E-state index >= 15 is 0 Å². The number of rotatable bonds is 5. The number of nitrogens with two attached hydrogens (primary N) is 1. The monoisotopic (exact) mass is 296 g/mol. The third kappa shape index (κ3) is 3.81. The number of sulfonamides is 1. The molecule has 0 radical (unpaired) electrons. The van der Waals surface area contributed by atoms with E-state index in [1.165, 1.54) is 0 Å². The normalized spacial score (nSPS) is 18.9. The predicted octanol–water partition coefficient (Wildman–Crippen LogP) is 2.46. The summed E-state index contributed by atoms with van der Waals surface area (Å²) in [6.45, 7) is 2.39. The molecule has 0 aromatic heterocycles. The Bertz CT molecular complexity index is 519. The lowest BCUT2D eigenvalue weighted by atomic mass is 10.0. The van der Waals surface area contributed by atoms with Gasteiger partial charge < -0.3 is 5.73 Å². The zero-order valence-electron chi connectivity index (χ0n) is 12.0. The number of hydrogen-bond acceptors (Lipinski definition) is 3. The Hall–Kier alpha value is -0.910. The average Bonchev–Trinajstić information content (AvgIpc) is 2.48. The summed E-state index contributed by atoms with van der Waals surface area (Å²) in [5.41, 5.74) is 7.59. The van der Waals surface area contributed by atoms with Crippen molar-refractivity contribution in [3.8, 4) is 0 Å². The highest BCUT2D eigenvalue weighted by Crippen LogP contribution is 2.25. The summed E-state index contributed by atoms with van der Waals surface area (Å²) in [7, 11) is -3.22. The molecule has 1 aromatic rings. The minimum atomic E-state index is -3.22. The van der Waals surface area contributed by atoms with E-state index in [4.69, 9.17) is 5.73 Å². The van der Waals surface area contributed by atoms with Crippen LogP contribution in [0.4, 0.5) is 0 Å². The first-order valence-corrected chi connectivity index (χ1v) is 8.87. The first-order chi connectivity index (χ1) is 9.53. The SMILES string of the molecule is CC(NS(=O)(=O)C1CCCCC1)c1ccc(CN)cc1. The van der Waals surface area contributed by atoms with Gasteiger partial charge in [-0.1, -0.05) is 43.5 Å². The number of nitrogens with one attached hydrogen (secondary N) is 1. The summed E-state index contributed by atoms with van der Waals surface area (Å²) >= 11 is 0. The van der Waals surface area contributed by atoms with Crippen LogP contribution in [0.1, 0.15) is 56.2 Å².